The Kier molecular flexibility index (Phi) is 11.5. The quantitative estimate of drug-likeness (QED) is 0.480. The van der Waals surface area contributed by atoms with Crippen molar-refractivity contribution in [2.75, 3.05) is 39.0 Å². The third kappa shape index (κ3) is 9.90. The Labute approximate surface area is 167 Å². The molecule has 0 aromatic carbocycles. The second-order valence-electron chi connectivity index (χ2n) is 8.06. The van der Waals surface area contributed by atoms with E-state index in [0.717, 1.165) is 19.6 Å². The van der Waals surface area contributed by atoms with Gasteiger partial charge in [-0.1, -0.05) is 39.5 Å². The monoisotopic (exact) mass is 403 g/mol. The highest BCUT2D eigenvalue weighted by Gasteiger charge is 2.29. The predicted molar refractivity (Wildman–Crippen MR) is 112 cm³/mol. The molecule has 1 aliphatic heterocycles. The molecule has 0 unspecified atom stereocenters. The molecule has 1 amide bonds. The predicted octanol–water partition coefficient (Wildman–Crippen LogP) is 2.85. The summed E-state index contributed by atoms with van der Waals surface area (Å²) in [7, 11) is -3.14. The molecule has 1 rings (SSSR count). The van der Waals surface area contributed by atoms with E-state index in [0.29, 0.717) is 25.9 Å². The molecule has 7 heteroatoms. The number of piperidine rings is 1. The average Bonchev–Trinajstić information content (AvgIpc) is 2.61. The van der Waals surface area contributed by atoms with Gasteiger partial charge in [0, 0.05) is 31.6 Å². The highest BCUT2D eigenvalue weighted by Crippen LogP contribution is 2.19. The third-order valence-corrected chi connectivity index (χ3v) is 6.67. The zero-order valence-corrected chi connectivity index (χ0v) is 18.7. The Morgan fingerprint density at radius 3 is 2.04 bits per heavy atom. The molecule has 1 saturated heterocycles. The number of carbonyl (C=O) groups excluding carboxylic acids is 1. The summed E-state index contributed by atoms with van der Waals surface area (Å²) < 4.78 is 24.7. The Balaban J connectivity index is 2.42. The van der Waals surface area contributed by atoms with Gasteiger partial charge in [0.1, 0.15) is 0 Å². The van der Waals surface area contributed by atoms with Gasteiger partial charge in [-0.05, 0) is 45.7 Å². The van der Waals surface area contributed by atoms with Crippen molar-refractivity contribution < 1.29 is 13.2 Å². The zero-order chi connectivity index (χ0) is 20.3. The van der Waals surface area contributed by atoms with E-state index in [1.165, 1.54) is 49.1 Å². The molecular formula is C20H41N3O3S. The fraction of sp³-hybridized carbons (Fsp3) is 0.950. The van der Waals surface area contributed by atoms with E-state index in [-0.39, 0.29) is 17.9 Å². The zero-order valence-electron chi connectivity index (χ0n) is 17.9. The van der Waals surface area contributed by atoms with Gasteiger partial charge in [0.25, 0.3) is 0 Å². The summed E-state index contributed by atoms with van der Waals surface area (Å²) in [6.45, 7) is 10.5. The maximum Gasteiger partial charge on any atom is 0.223 e. The van der Waals surface area contributed by atoms with Gasteiger partial charge in [-0.15, -0.1) is 0 Å². The van der Waals surface area contributed by atoms with Crippen molar-refractivity contribution in [2.45, 2.75) is 78.2 Å². The summed E-state index contributed by atoms with van der Waals surface area (Å²) >= 11 is 0. The van der Waals surface area contributed by atoms with Gasteiger partial charge < -0.3 is 10.2 Å². The van der Waals surface area contributed by atoms with Crippen molar-refractivity contribution in [3.8, 4) is 0 Å². The van der Waals surface area contributed by atoms with Crippen molar-refractivity contribution in [3.63, 3.8) is 0 Å². The first-order chi connectivity index (χ1) is 12.8. The van der Waals surface area contributed by atoms with Crippen molar-refractivity contribution in [3.05, 3.63) is 0 Å². The number of hydrogen-bond donors (Lipinski definition) is 1. The van der Waals surface area contributed by atoms with Crippen LogP contribution in [0, 0.1) is 5.92 Å². The molecule has 0 bridgehead atoms. The third-order valence-electron chi connectivity index (χ3n) is 5.37. The molecule has 0 aromatic heterocycles. The largest absolute Gasteiger partial charge is 0.352 e. The minimum absolute atomic E-state index is 0.0703. The smallest absolute Gasteiger partial charge is 0.223 e. The average molecular weight is 404 g/mol. The first kappa shape index (κ1) is 24.4. The van der Waals surface area contributed by atoms with E-state index in [9.17, 15) is 13.2 Å². The van der Waals surface area contributed by atoms with Crippen LogP contribution in [0.3, 0.4) is 0 Å². The topological polar surface area (TPSA) is 69.7 Å². The summed E-state index contributed by atoms with van der Waals surface area (Å²) in [5.41, 5.74) is 0. The number of nitrogens with zero attached hydrogens (tertiary/aromatic N) is 2. The van der Waals surface area contributed by atoms with Crippen molar-refractivity contribution >= 4 is 15.9 Å². The van der Waals surface area contributed by atoms with Crippen molar-refractivity contribution in [2.24, 2.45) is 5.92 Å². The summed E-state index contributed by atoms with van der Waals surface area (Å²) in [5, 5.41) is 3.17. The van der Waals surface area contributed by atoms with Crippen LogP contribution in [0.25, 0.3) is 0 Å². The number of nitrogens with one attached hydrogen (secondary N) is 1. The first-order valence-corrected chi connectivity index (χ1v) is 12.6. The molecule has 27 heavy (non-hydrogen) atoms. The van der Waals surface area contributed by atoms with Crippen LogP contribution in [0.5, 0.6) is 0 Å². The summed E-state index contributed by atoms with van der Waals surface area (Å²) in [4.78, 5) is 15.1. The number of unbranched alkanes of at least 4 members (excludes halogenated alkanes) is 4. The number of amides is 1. The maximum atomic E-state index is 12.6. The van der Waals surface area contributed by atoms with Gasteiger partial charge in [0.05, 0.1) is 6.26 Å². The molecule has 0 aliphatic carbocycles. The lowest BCUT2D eigenvalue weighted by Crippen LogP contribution is -2.47. The Morgan fingerprint density at radius 1 is 1.07 bits per heavy atom. The number of sulfonamides is 1. The fourth-order valence-electron chi connectivity index (χ4n) is 3.71. The minimum Gasteiger partial charge on any atom is -0.352 e. The van der Waals surface area contributed by atoms with Crippen molar-refractivity contribution in [1.29, 1.82) is 0 Å². The van der Waals surface area contributed by atoms with Crippen LogP contribution < -0.4 is 5.32 Å². The molecule has 1 aliphatic rings. The molecule has 1 atom stereocenters. The van der Waals surface area contributed by atoms with Gasteiger partial charge >= 0.3 is 0 Å². The second-order valence-corrected chi connectivity index (χ2v) is 10.0. The Bertz CT molecular complexity index is 507. The maximum absolute atomic E-state index is 12.6. The molecule has 0 radical (unpaired) electrons. The van der Waals surface area contributed by atoms with Crippen LogP contribution in [0.2, 0.25) is 0 Å². The van der Waals surface area contributed by atoms with Gasteiger partial charge in [0.15, 0.2) is 0 Å². The standard InChI is InChI=1S/C20H41N3O3S/c1-5-7-9-13-22(14-10-8-6-2)17-18(3)21-20(24)19-11-15-23(16-12-19)27(4,25)26/h18-19H,5-17H2,1-4H3,(H,21,24)/t18-/m0/s1. The molecule has 1 N–H and O–H groups in total. The summed E-state index contributed by atoms with van der Waals surface area (Å²) in [6.07, 6.45) is 9.85. The highest BCUT2D eigenvalue weighted by molar-refractivity contribution is 7.88. The van der Waals surface area contributed by atoms with Crippen LogP contribution in [-0.4, -0.2) is 68.6 Å². The molecule has 0 saturated carbocycles. The van der Waals surface area contributed by atoms with Gasteiger partial charge in [-0.2, -0.15) is 0 Å². The summed E-state index contributed by atoms with van der Waals surface area (Å²) in [5.74, 6) is 0.0109. The van der Waals surface area contributed by atoms with Crippen molar-refractivity contribution in [1.82, 2.24) is 14.5 Å². The summed E-state index contributed by atoms with van der Waals surface area (Å²) in [6, 6.07) is 0.119. The second kappa shape index (κ2) is 12.7. The normalized spacial score (nSPS) is 18.0. The molecule has 6 nitrogen and oxygen atoms in total. The lowest BCUT2D eigenvalue weighted by molar-refractivity contribution is -0.126. The van der Waals surface area contributed by atoms with E-state index < -0.39 is 10.0 Å². The number of rotatable bonds is 13. The minimum atomic E-state index is -3.14. The van der Waals surface area contributed by atoms with Gasteiger partial charge in [-0.25, -0.2) is 12.7 Å². The number of hydrogen-bond acceptors (Lipinski definition) is 4. The Hall–Kier alpha value is -0.660. The lowest BCUT2D eigenvalue weighted by Gasteiger charge is -2.31. The van der Waals surface area contributed by atoms with Crippen LogP contribution >= 0.6 is 0 Å². The molecule has 1 heterocycles. The molecule has 1 fully saturated rings. The lowest BCUT2D eigenvalue weighted by atomic mass is 9.97. The number of carbonyl (C=O) groups is 1. The van der Waals surface area contributed by atoms with E-state index in [2.05, 4.69) is 31.0 Å². The van der Waals surface area contributed by atoms with E-state index in [1.54, 1.807) is 0 Å². The highest BCUT2D eigenvalue weighted by atomic mass is 32.2. The molecule has 160 valence electrons. The van der Waals surface area contributed by atoms with E-state index >= 15 is 0 Å². The van der Waals surface area contributed by atoms with E-state index in [4.69, 9.17) is 0 Å². The van der Waals surface area contributed by atoms with Gasteiger partial charge in [-0.3, -0.25) is 4.79 Å². The van der Waals surface area contributed by atoms with Crippen LogP contribution in [0.1, 0.15) is 72.1 Å². The Morgan fingerprint density at radius 2 is 1.59 bits per heavy atom. The van der Waals surface area contributed by atoms with E-state index in [1.807, 2.05) is 0 Å². The molecular weight excluding hydrogens is 362 g/mol. The SMILES string of the molecule is CCCCCN(CCCCC)C[C@H](C)NC(=O)C1CCN(S(C)(=O)=O)CC1. The van der Waals surface area contributed by atoms with Crippen LogP contribution in [0.15, 0.2) is 0 Å². The molecule has 0 aromatic rings. The first-order valence-electron chi connectivity index (χ1n) is 10.8. The fourth-order valence-corrected chi connectivity index (χ4v) is 4.58. The van der Waals surface area contributed by atoms with Crippen LogP contribution in [0.4, 0.5) is 0 Å². The van der Waals surface area contributed by atoms with Crippen LogP contribution in [-0.2, 0) is 14.8 Å². The molecule has 0 spiro atoms. The van der Waals surface area contributed by atoms with Gasteiger partial charge in [0.2, 0.25) is 15.9 Å².